The lowest BCUT2D eigenvalue weighted by molar-refractivity contribution is -0.123. The standard InChI is InChI=1S/C21H24ClN3O2/c1-25(2)14-19(26)24-18-8-3-5-15(11-18)13-23-20(27)21(9-10-21)16-6-4-7-17(22)12-16/h3-8,11-12H,9-10,13-14H2,1-2H3,(H,23,27)(H,24,26). The number of carbonyl (C=O) groups excluding carboxylic acids is 2. The first-order valence-corrected chi connectivity index (χ1v) is 9.35. The van der Waals surface area contributed by atoms with Gasteiger partial charge < -0.3 is 15.5 Å². The zero-order valence-corrected chi connectivity index (χ0v) is 16.3. The molecule has 6 heteroatoms. The Bertz CT molecular complexity index is 847. The molecule has 0 unspecified atom stereocenters. The van der Waals surface area contributed by atoms with Crippen LogP contribution in [0, 0.1) is 0 Å². The highest BCUT2D eigenvalue weighted by Gasteiger charge is 2.51. The third-order valence-electron chi connectivity index (χ3n) is 4.69. The van der Waals surface area contributed by atoms with Crippen molar-refractivity contribution in [3.63, 3.8) is 0 Å². The van der Waals surface area contributed by atoms with Crippen LogP contribution in [0.5, 0.6) is 0 Å². The summed E-state index contributed by atoms with van der Waals surface area (Å²) < 4.78 is 0. The summed E-state index contributed by atoms with van der Waals surface area (Å²) in [6, 6.07) is 15.0. The fourth-order valence-corrected chi connectivity index (χ4v) is 3.35. The Morgan fingerprint density at radius 3 is 2.52 bits per heavy atom. The van der Waals surface area contributed by atoms with Gasteiger partial charge in [-0.25, -0.2) is 0 Å². The molecule has 27 heavy (non-hydrogen) atoms. The Balaban J connectivity index is 1.61. The van der Waals surface area contributed by atoms with Crippen LogP contribution in [-0.2, 0) is 21.5 Å². The molecule has 2 N–H and O–H groups in total. The topological polar surface area (TPSA) is 61.4 Å². The Kier molecular flexibility index (Phi) is 5.82. The van der Waals surface area contributed by atoms with Gasteiger partial charge in [0.2, 0.25) is 11.8 Å². The summed E-state index contributed by atoms with van der Waals surface area (Å²) in [6.07, 6.45) is 1.67. The lowest BCUT2D eigenvalue weighted by Crippen LogP contribution is -2.34. The van der Waals surface area contributed by atoms with Gasteiger partial charge in [-0.15, -0.1) is 0 Å². The molecule has 0 aliphatic heterocycles. The second kappa shape index (κ2) is 8.11. The van der Waals surface area contributed by atoms with E-state index in [0.29, 0.717) is 18.1 Å². The normalized spacial score (nSPS) is 14.7. The molecule has 0 spiro atoms. The van der Waals surface area contributed by atoms with Gasteiger partial charge in [-0.05, 0) is 62.3 Å². The average Bonchev–Trinajstić information content (AvgIpc) is 3.41. The maximum absolute atomic E-state index is 12.8. The number of hydrogen-bond acceptors (Lipinski definition) is 3. The van der Waals surface area contributed by atoms with Gasteiger partial charge in [-0.2, -0.15) is 0 Å². The fourth-order valence-electron chi connectivity index (χ4n) is 3.16. The van der Waals surface area contributed by atoms with Gasteiger partial charge in [-0.3, -0.25) is 9.59 Å². The predicted octanol–water partition coefficient (Wildman–Crippen LogP) is 3.19. The first-order chi connectivity index (χ1) is 12.9. The van der Waals surface area contributed by atoms with Crippen LogP contribution in [0.25, 0.3) is 0 Å². The molecule has 0 radical (unpaired) electrons. The van der Waals surface area contributed by atoms with Gasteiger partial charge >= 0.3 is 0 Å². The number of rotatable bonds is 7. The van der Waals surface area contributed by atoms with Gasteiger partial charge in [0.1, 0.15) is 0 Å². The molecular weight excluding hydrogens is 362 g/mol. The molecule has 0 bridgehead atoms. The summed E-state index contributed by atoms with van der Waals surface area (Å²) in [6.45, 7) is 0.738. The highest BCUT2D eigenvalue weighted by molar-refractivity contribution is 6.30. The van der Waals surface area contributed by atoms with Gasteiger partial charge in [0.15, 0.2) is 0 Å². The van der Waals surface area contributed by atoms with E-state index >= 15 is 0 Å². The number of amides is 2. The lowest BCUT2D eigenvalue weighted by atomic mass is 9.95. The van der Waals surface area contributed by atoms with E-state index in [4.69, 9.17) is 11.6 Å². The number of nitrogens with zero attached hydrogens (tertiary/aromatic N) is 1. The minimum Gasteiger partial charge on any atom is -0.351 e. The number of anilines is 1. The minimum atomic E-state index is -0.456. The van der Waals surface area contributed by atoms with Crippen molar-refractivity contribution in [2.45, 2.75) is 24.8 Å². The van der Waals surface area contributed by atoms with E-state index in [0.717, 1.165) is 29.7 Å². The van der Waals surface area contributed by atoms with Crippen LogP contribution in [0.4, 0.5) is 5.69 Å². The van der Waals surface area contributed by atoms with Crippen LogP contribution in [-0.4, -0.2) is 37.4 Å². The lowest BCUT2D eigenvalue weighted by Gasteiger charge is -2.16. The number of nitrogens with one attached hydrogen (secondary N) is 2. The van der Waals surface area contributed by atoms with E-state index in [1.54, 1.807) is 0 Å². The Labute approximate surface area is 164 Å². The molecule has 3 rings (SSSR count). The van der Waals surface area contributed by atoms with Gasteiger partial charge in [-0.1, -0.05) is 35.9 Å². The molecule has 5 nitrogen and oxygen atoms in total. The highest BCUT2D eigenvalue weighted by atomic mass is 35.5. The monoisotopic (exact) mass is 385 g/mol. The van der Waals surface area contributed by atoms with Crippen molar-refractivity contribution in [3.8, 4) is 0 Å². The van der Waals surface area contributed by atoms with E-state index in [-0.39, 0.29) is 11.8 Å². The molecule has 1 aliphatic rings. The van der Waals surface area contributed by atoms with Crippen LogP contribution in [0.15, 0.2) is 48.5 Å². The first kappa shape index (κ1) is 19.4. The predicted molar refractivity (Wildman–Crippen MR) is 108 cm³/mol. The summed E-state index contributed by atoms with van der Waals surface area (Å²) in [5, 5.41) is 6.54. The van der Waals surface area contributed by atoms with Crippen LogP contribution in [0.2, 0.25) is 5.02 Å². The first-order valence-electron chi connectivity index (χ1n) is 8.97. The summed E-state index contributed by atoms with van der Waals surface area (Å²) in [4.78, 5) is 26.5. The zero-order chi connectivity index (χ0) is 19.4. The van der Waals surface area contributed by atoms with Gasteiger partial charge in [0.25, 0.3) is 0 Å². The molecule has 2 aromatic carbocycles. The number of benzene rings is 2. The molecule has 2 amide bonds. The Morgan fingerprint density at radius 2 is 1.85 bits per heavy atom. The molecule has 1 fully saturated rings. The third-order valence-corrected chi connectivity index (χ3v) is 4.92. The molecule has 0 aromatic heterocycles. The Hall–Kier alpha value is -2.37. The SMILES string of the molecule is CN(C)CC(=O)Nc1cccc(CNC(=O)C2(c3cccc(Cl)c3)CC2)c1. The Morgan fingerprint density at radius 1 is 1.11 bits per heavy atom. The molecule has 0 saturated heterocycles. The van der Waals surface area contributed by atoms with Gasteiger partial charge in [0.05, 0.1) is 12.0 Å². The van der Waals surface area contributed by atoms with Crippen molar-refractivity contribution in [3.05, 3.63) is 64.7 Å². The van der Waals surface area contributed by atoms with Crippen molar-refractivity contribution in [1.29, 1.82) is 0 Å². The van der Waals surface area contributed by atoms with Crippen molar-refractivity contribution in [1.82, 2.24) is 10.2 Å². The zero-order valence-electron chi connectivity index (χ0n) is 15.6. The van der Waals surface area contributed by atoms with Gasteiger partial charge in [0, 0.05) is 17.3 Å². The fraction of sp³-hybridized carbons (Fsp3) is 0.333. The maximum atomic E-state index is 12.8. The molecule has 0 heterocycles. The van der Waals surface area contributed by atoms with E-state index in [1.165, 1.54) is 0 Å². The minimum absolute atomic E-state index is 0.0202. The molecule has 142 valence electrons. The molecule has 1 aliphatic carbocycles. The van der Waals surface area contributed by atoms with Crippen LogP contribution in [0.1, 0.15) is 24.0 Å². The number of halogens is 1. The number of hydrogen-bond donors (Lipinski definition) is 2. The third kappa shape index (κ3) is 4.87. The van der Waals surface area contributed by atoms with E-state index in [9.17, 15) is 9.59 Å². The van der Waals surface area contributed by atoms with Crippen LogP contribution in [0.3, 0.4) is 0 Å². The molecular formula is C21H24ClN3O2. The molecule has 1 saturated carbocycles. The van der Waals surface area contributed by atoms with Crippen LogP contribution >= 0.6 is 11.6 Å². The van der Waals surface area contributed by atoms with Crippen molar-refractivity contribution >= 4 is 29.1 Å². The summed E-state index contributed by atoms with van der Waals surface area (Å²) in [5.74, 6) is -0.0501. The summed E-state index contributed by atoms with van der Waals surface area (Å²) in [5.41, 5.74) is 2.18. The van der Waals surface area contributed by atoms with E-state index in [1.807, 2.05) is 67.5 Å². The van der Waals surface area contributed by atoms with E-state index < -0.39 is 5.41 Å². The molecule has 0 atom stereocenters. The number of carbonyl (C=O) groups is 2. The maximum Gasteiger partial charge on any atom is 0.238 e. The largest absolute Gasteiger partial charge is 0.351 e. The van der Waals surface area contributed by atoms with Crippen molar-refractivity contribution < 1.29 is 9.59 Å². The summed E-state index contributed by atoms with van der Waals surface area (Å²) >= 11 is 6.08. The van der Waals surface area contributed by atoms with Crippen LogP contribution < -0.4 is 10.6 Å². The molecule has 2 aromatic rings. The quantitative estimate of drug-likeness (QED) is 0.769. The summed E-state index contributed by atoms with van der Waals surface area (Å²) in [7, 11) is 3.69. The van der Waals surface area contributed by atoms with Crippen molar-refractivity contribution in [2.75, 3.05) is 26.0 Å². The average molecular weight is 386 g/mol. The smallest absolute Gasteiger partial charge is 0.238 e. The van der Waals surface area contributed by atoms with Crippen molar-refractivity contribution in [2.24, 2.45) is 0 Å². The second-order valence-corrected chi connectivity index (χ2v) is 7.70. The second-order valence-electron chi connectivity index (χ2n) is 7.26. The highest BCUT2D eigenvalue weighted by Crippen LogP contribution is 2.48. The number of likely N-dealkylation sites (N-methyl/N-ethyl adjacent to an activating group) is 1. The van der Waals surface area contributed by atoms with E-state index in [2.05, 4.69) is 10.6 Å².